The van der Waals surface area contributed by atoms with E-state index >= 15 is 0 Å². The van der Waals surface area contributed by atoms with E-state index in [-0.39, 0.29) is 11.1 Å². The highest BCUT2D eigenvalue weighted by atomic mass is 28.4. The molecule has 0 aliphatic carbocycles. The molecule has 2 heterocycles. The van der Waals surface area contributed by atoms with E-state index in [1.165, 1.54) is 31.5 Å². The van der Waals surface area contributed by atoms with Crippen molar-refractivity contribution < 1.29 is 4.43 Å². The third-order valence-electron chi connectivity index (χ3n) is 6.09. The van der Waals surface area contributed by atoms with E-state index in [1.54, 1.807) is 0 Å². The molecule has 0 spiro atoms. The van der Waals surface area contributed by atoms with Gasteiger partial charge in [0.05, 0.1) is 6.10 Å². The van der Waals surface area contributed by atoms with Gasteiger partial charge in [-0.25, -0.2) is 0 Å². The van der Waals surface area contributed by atoms with E-state index < -0.39 is 8.32 Å². The summed E-state index contributed by atoms with van der Waals surface area (Å²) in [6.07, 6.45) is 2.97. The van der Waals surface area contributed by atoms with Crippen molar-refractivity contribution in [3.8, 4) is 0 Å². The first kappa shape index (κ1) is 16.2. The topological polar surface area (TPSA) is 12.5 Å². The average molecular weight is 318 g/mol. The molecule has 0 amide bonds. The molecular weight excluding hydrogens is 286 g/mol. The fraction of sp³-hybridized carbons (Fsp3) is 0.684. The minimum Gasteiger partial charge on any atom is -0.410 e. The Morgan fingerprint density at radius 3 is 2.32 bits per heavy atom. The number of hydrogen-bond donors (Lipinski definition) is 0. The van der Waals surface area contributed by atoms with Gasteiger partial charge in [0.15, 0.2) is 8.32 Å². The second-order valence-corrected chi connectivity index (χ2v) is 13.4. The molecule has 3 heteroatoms. The van der Waals surface area contributed by atoms with E-state index in [1.807, 2.05) is 0 Å². The lowest BCUT2D eigenvalue weighted by molar-refractivity contribution is 0.113. The first-order valence-corrected chi connectivity index (χ1v) is 11.7. The van der Waals surface area contributed by atoms with Gasteiger partial charge in [0.25, 0.3) is 0 Å². The summed E-state index contributed by atoms with van der Waals surface area (Å²) in [5, 5.41) is 0.262. The van der Waals surface area contributed by atoms with Gasteiger partial charge in [-0.3, -0.25) is 4.90 Å². The van der Waals surface area contributed by atoms with Gasteiger partial charge in [-0.15, -0.1) is 0 Å². The smallest absolute Gasteiger partial charge is 0.192 e. The molecule has 2 aliphatic rings. The number of nitrogens with zero attached hydrogens (tertiary/aromatic N) is 1. The zero-order valence-electron chi connectivity index (χ0n) is 14.8. The second kappa shape index (κ2) is 5.77. The van der Waals surface area contributed by atoms with Crippen LogP contribution in [0.5, 0.6) is 0 Å². The first-order chi connectivity index (χ1) is 10.3. The summed E-state index contributed by atoms with van der Waals surface area (Å²) in [6.45, 7) is 14.3. The fourth-order valence-corrected chi connectivity index (χ4v) is 4.84. The van der Waals surface area contributed by atoms with Crippen LogP contribution in [0.3, 0.4) is 0 Å². The maximum atomic E-state index is 6.91. The Morgan fingerprint density at radius 1 is 1.18 bits per heavy atom. The largest absolute Gasteiger partial charge is 0.410 e. The maximum Gasteiger partial charge on any atom is 0.192 e. The van der Waals surface area contributed by atoms with Gasteiger partial charge in [-0.1, -0.05) is 51.1 Å². The van der Waals surface area contributed by atoms with Crippen LogP contribution in [0.1, 0.15) is 45.3 Å². The molecule has 1 aromatic carbocycles. The molecule has 0 N–H and O–H groups in total. The van der Waals surface area contributed by atoms with Crippen LogP contribution in [0.25, 0.3) is 0 Å². The normalized spacial score (nSPS) is 27.3. The molecule has 0 radical (unpaired) electrons. The predicted octanol–water partition coefficient (Wildman–Crippen LogP) is 4.84. The van der Waals surface area contributed by atoms with Crippen LogP contribution in [-0.4, -0.2) is 32.3 Å². The van der Waals surface area contributed by atoms with Gasteiger partial charge < -0.3 is 4.43 Å². The van der Waals surface area contributed by atoms with E-state index in [4.69, 9.17) is 4.43 Å². The Bertz CT molecular complexity index is 496. The standard InChI is InChI=1S/C19H31NOSi/c1-19(2,3)22(4,5)21-18(15-9-7-6-8-10-15)16-13-17-11-12-20(17)14-16/h6-10,16-18H,11-14H2,1-5H3/t16-,17+,18+/m1/s1. The molecule has 122 valence electrons. The van der Waals surface area contributed by atoms with Crippen LogP contribution < -0.4 is 0 Å². The Labute approximate surface area is 137 Å². The van der Waals surface area contributed by atoms with E-state index in [9.17, 15) is 0 Å². The third kappa shape index (κ3) is 3.04. The molecule has 2 nitrogen and oxygen atoms in total. The zero-order valence-corrected chi connectivity index (χ0v) is 15.8. The van der Waals surface area contributed by atoms with Gasteiger partial charge in [0.1, 0.15) is 0 Å². The van der Waals surface area contributed by atoms with Crippen LogP contribution in [-0.2, 0) is 4.43 Å². The minimum atomic E-state index is -1.76. The van der Waals surface area contributed by atoms with Crippen molar-refractivity contribution in [2.45, 2.75) is 63.9 Å². The van der Waals surface area contributed by atoms with Crippen molar-refractivity contribution >= 4 is 8.32 Å². The highest BCUT2D eigenvalue weighted by molar-refractivity contribution is 6.74. The summed E-state index contributed by atoms with van der Waals surface area (Å²) in [7, 11) is -1.76. The highest BCUT2D eigenvalue weighted by Crippen LogP contribution is 2.45. The highest BCUT2D eigenvalue weighted by Gasteiger charge is 2.45. The summed E-state index contributed by atoms with van der Waals surface area (Å²) in [6, 6.07) is 11.8. The van der Waals surface area contributed by atoms with Gasteiger partial charge in [-0.05, 0) is 43.1 Å². The molecule has 0 aromatic heterocycles. The molecule has 3 atom stereocenters. The zero-order chi connectivity index (χ0) is 16.0. The quantitative estimate of drug-likeness (QED) is 0.737. The Hall–Kier alpha value is -0.643. The van der Waals surface area contributed by atoms with E-state index in [0.29, 0.717) is 5.92 Å². The van der Waals surface area contributed by atoms with Crippen LogP contribution in [0, 0.1) is 5.92 Å². The van der Waals surface area contributed by atoms with E-state index in [2.05, 4.69) is 69.1 Å². The van der Waals surface area contributed by atoms with Crippen LogP contribution in [0.4, 0.5) is 0 Å². The summed E-state index contributed by atoms with van der Waals surface area (Å²) >= 11 is 0. The summed E-state index contributed by atoms with van der Waals surface area (Å²) in [5.74, 6) is 0.657. The first-order valence-electron chi connectivity index (χ1n) is 8.75. The van der Waals surface area contributed by atoms with Crippen LogP contribution in [0.15, 0.2) is 30.3 Å². The van der Waals surface area contributed by atoms with Crippen molar-refractivity contribution in [2.75, 3.05) is 13.1 Å². The number of benzene rings is 1. The number of rotatable bonds is 4. The van der Waals surface area contributed by atoms with Gasteiger partial charge in [0.2, 0.25) is 0 Å². The molecule has 22 heavy (non-hydrogen) atoms. The van der Waals surface area contributed by atoms with Crippen LogP contribution >= 0.6 is 0 Å². The summed E-state index contributed by atoms with van der Waals surface area (Å²) in [4.78, 5) is 2.65. The lowest BCUT2D eigenvalue weighted by Gasteiger charge is -2.41. The van der Waals surface area contributed by atoms with Crippen molar-refractivity contribution in [1.29, 1.82) is 0 Å². The fourth-order valence-electron chi connectivity index (χ4n) is 3.52. The Morgan fingerprint density at radius 2 is 1.86 bits per heavy atom. The van der Waals surface area contributed by atoms with Gasteiger partial charge >= 0.3 is 0 Å². The molecule has 2 saturated heterocycles. The molecular formula is C19H31NOSi. The maximum absolute atomic E-state index is 6.91. The molecule has 0 unspecified atom stereocenters. The SMILES string of the molecule is CC(C)(C)[Si](C)(C)O[C@@H](c1ccccc1)[C@@H]1C[C@@H]2CCN2C1. The molecule has 3 rings (SSSR count). The molecule has 2 aliphatic heterocycles. The monoisotopic (exact) mass is 317 g/mol. The molecule has 1 aromatic rings. The number of hydrogen-bond acceptors (Lipinski definition) is 2. The van der Waals surface area contributed by atoms with Crippen molar-refractivity contribution in [1.82, 2.24) is 4.90 Å². The Kier molecular flexibility index (Phi) is 4.26. The Balaban J connectivity index is 1.84. The third-order valence-corrected chi connectivity index (χ3v) is 10.5. The number of fused-ring (bicyclic) bond motifs is 1. The lowest BCUT2D eigenvalue weighted by atomic mass is 9.92. The van der Waals surface area contributed by atoms with Crippen molar-refractivity contribution in [3.05, 3.63) is 35.9 Å². The van der Waals surface area contributed by atoms with Gasteiger partial charge in [-0.2, -0.15) is 0 Å². The second-order valence-electron chi connectivity index (χ2n) is 8.64. The molecule has 2 fully saturated rings. The average Bonchev–Trinajstić information content (AvgIpc) is 2.72. The lowest BCUT2D eigenvalue weighted by Crippen LogP contribution is -2.43. The summed E-state index contributed by atoms with van der Waals surface area (Å²) in [5.41, 5.74) is 1.37. The van der Waals surface area contributed by atoms with Crippen molar-refractivity contribution in [2.24, 2.45) is 5.92 Å². The summed E-state index contributed by atoms with van der Waals surface area (Å²) < 4.78 is 6.91. The van der Waals surface area contributed by atoms with Gasteiger partial charge in [0, 0.05) is 18.5 Å². The van der Waals surface area contributed by atoms with E-state index in [0.717, 1.165) is 6.04 Å². The van der Waals surface area contributed by atoms with Crippen molar-refractivity contribution in [3.63, 3.8) is 0 Å². The van der Waals surface area contributed by atoms with Crippen LogP contribution in [0.2, 0.25) is 18.1 Å². The minimum absolute atomic E-state index is 0.262. The molecule has 0 saturated carbocycles. The molecule has 0 bridgehead atoms. The predicted molar refractivity (Wildman–Crippen MR) is 95.6 cm³/mol.